The van der Waals surface area contributed by atoms with E-state index in [1.807, 2.05) is 0 Å². The highest BCUT2D eigenvalue weighted by Crippen LogP contribution is 2.48. The molecule has 72 valence electrons. The maximum Gasteiger partial charge on any atom is 0.260 e. The minimum absolute atomic E-state index is 0.0509. The number of aromatic nitrogens is 2. The molecule has 0 aliphatic heterocycles. The van der Waals surface area contributed by atoms with Crippen molar-refractivity contribution in [2.24, 2.45) is 0 Å². The molecule has 2 heterocycles. The Kier molecular flexibility index (Phi) is 1.79. The molecule has 1 aliphatic rings. The summed E-state index contributed by atoms with van der Waals surface area (Å²) in [5.74, 6) is 0.656. The number of aromatic amines is 1. The predicted octanol–water partition coefficient (Wildman–Crippen LogP) is 2.62. The molecular formula is C9H7BrN2OS. The van der Waals surface area contributed by atoms with Gasteiger partial charge in [0.1, 0.15) is 4.83 Å². The molecule has 1 N–H and O–H groups in total. The van der Waals surface area contributed by atoms with Crippen molar-refractivity contribution in [1.82, 2.24) is 9.97 Å². The summed E-state index contributed by atoms with van der Waals surface area (Å²) in [5.41, 5.74) is -0.0509. The minimum Gasteiger partial charge on any atom is -0.313 e. The molecule has 14 heavy (non-hydrogen) atoms. The summed E-state index contributed by atoms with van der Waals surface area (Å²) in [6, 6.07) is 0. The Hall–Kier alpha value is -0.680. The van der Waals surface area contributed by atoms with Crippen LogP contribution in [0.25, 0.3) is 10.2 Å². The second-order valence-electron chi connectivity index (χ2n) is 3.47. The van der Waals surface area contributed by atoms with Crippen LogP contribution in [-0.2, 0) is 0 Å². The number of nitrogens with zero attached hydrogens (tertiary/aromatic N) is 1. The molecule has 0 amide bonds. The van der Waals surface area contributed by atoms with Crippen LogP contribution in [0.5, 0.6) is 0 Å². The summed E-state index contributed by atoms with van der Waals surface area (Å²) in [4.78, 5) is 20.4. The molecule has 3 nitrogen and oxygen atoms in total. The highest BCUT2D eigenvalue weighted by molar-refractivity contribution is 9.10. The zero-order valence-corrected chi connectivity index (χ0v) is 9.61. The van der Waals surface area contributed by atoms with Gasteiger partial charge in [0.15, 0.2) is 0 Å². The maximum absolute atomic E-state index is 11.5. The van der Waals surface area contributed by atoms with E-state index in [9.17, 15) is 4.79 Å². The van der Waals surface area contributed by atoms with Gasteiger partial charge < -0.3 is 4.98 Å². The topological polar surface area (TPSA) is 45.8 Å². The van der Waals surface area contributed by atoms with Crippen molar-refractivity contribution in [3.63, 3.8) is 0 Å². The zero-order valence-electron chi connectivity index (χ0n) is 7.21. The normalized spacial score (nSPS) is 16.4. The summed E-state index contributed by atoms with van der Waals surface area (Å²) in [6.45, 7) is 0. The van der Waals surface area contributed by atoms with Gasteiger partial charge in [-0.1, -0.05) is 0 Å². The lowest BCUT2D eigenvalue weighted by atomic mass is 10.3. The van der Waals surface area contributed by atoms with Gasteiger partial charge in [0, 0.05) is 9.35 Å². The Bertz CT molecular complexity index is 555. The first-order valence-corrected chi connectivity index (χ1v) is 6.04. The van der Waals surface area contributed by atoms with E-state index < -0.39 is 0 Å². The zero-order chi connectivity index (χ0) is 9.71. The van der Waals surface area contributed by atoms with Crippen LogP contribution in [0, 0.1) is 0 Å². The Morgan fingerprint density at radius 1 is 1.57 bits per heavy atom. The number of halogens is 1. The van der Waals surface area contributed by atoms with Crippen LogP contribution in [0.15, 0.2) is 15.6 Å². The molecule has 1 aliphatic carbocycles. The first-order valence-electron chi connectivity index (χ1n) is 4.43. The Balaban J connectivity index is 2.40. The summed E-state index contributed by atoms with van der Waals surface area (Å²) >= 11 is 5.12. The van der Waals surface area contributed by atoms with Crippen LogP contribution in [0.4, 0.5) is 0 Å². The Labute approximate surface area is 92.3 Å². The second kappa shape index (κ2) is 2.90. The molecule has 3 rings (SSSR count). The summed E-state index contributed by atoms with van der Waals surface area (Å²) < 4.78 is 0.953. The van der Waals surface area contributed by atoms with E-state index in [0.717, 1.165) is 9.30 Å². The monoisotopic (exact) mass is 270 g/mol. The van der Waals surface area contributed by atoms with Gasteiger partial charge in [-0.3, -0.25) is 4.79 Å². The lowest BCUT2D eigenvalue weighted by Gasteiger charge is -1.90. The van der Waals surface area contributed by atoms with Crippen molar-refractivity contribution in [2.45, 2.75) is 18.8 Å². The van der Waals surface area contributed by atoms with Gasteiger partial charge in [0.05, 0.1) is 11.7 Å². The minimum atomic E-state index is -0.0509. The maximum atomic E-state index is 11.5. The average Bonchev–Trinajstić information content (AvgIpc) is 2.93. The van der Waals surface area contributed by atoms with Crippen molar-refractivity contribution >= 4 is 37.5 Å². The van der Waals surface area contributed by atoms with E-state index >= 15 is 0 Å². The second-order valence-corrected chi connectivity index (χ2v) is 5.29. The van der Waals surface area contributed by atoms with Gasteiger partial charge in [0.25, 0.3) is 5.56 Å². The van der Waals surface area contributed by atoms with Crippen molar-refractivity contribution in [3.05, 3.63) is 26.0 Å². The number of fused-ring (bicyclic) bond motifs is 1. The molecule has 0 atom stereocenters. The molecule has 0 radical (unpaired) electrons. The largest absolute Gasteiger partial charge is 0.313 e. The predicted molar refractivity (Wildman–Crippen MR) is 59.9 cm³/mol. The lowest BCUT2D eigenvalue weighted by molar-refractivity contribution is 1.16. The molecule has 0 saturated heterocycles. The molecule has 2 aromatic rings. The Morgan fingerprint density at radius 2 is 2.36 bits per heavy atom. The summed E-state index contributed by atoms with van der Waals surface area (Å²) in [7, 11) is 0. The first-order chi connectivity index (χ1) is 6.77. The van der Waals surface area contributed by atoms with Gasteiger partial charge >= 0.3 is 0 Å². The van der Waals surface area contributed by atoms with Crippen molar-refractivity contribution in [1.29, 1.82) is 0 Å². The lowest BCUT2D eigenvalue weighted by Crippen LogP contribution is -2.04. The van der Waals surface area contributed by atoms with E-state index in [0.29, 0.717) is 11.3 Å². The number of thiophene rings is 1. The molecular weight excluding hydrogens is 264 g/mol. The van der Waals surface area contributed by atoms with Crippen LogP contribution in [0.2, 0.25) is 0 Å². The SMILES string of the molecule is O=c1[nH]cnc2sc(C3CC3)c(Br)c12. The average molecular weight is 271 g/mol. The third-order valence-electron chi connectivity index (χ3n) is 2.41. The van der Waals surface area contributed by atoms with Gasteiger partial charge in [-0.25, -0.2) is 4.98 Å². The number of H-pyrrole nitrogens is 1. The third kappa shape index (κ3) is 1.15. The fourth-order valence-electron chi connectivity index (χ4n) is 1.53. The van der Waals surface area contributed by atoms with E-state index in [-0.39, 0.29) is 5.56 Å². The molecule has 0 spiro atoms. The highest BCUT2D eigenvalue weighted by atomic mass is 79.9. The fourth-order valence-corrected chi connectivity index (χ4v) is 3.80. The molecule has 0 aromatic carbocycles. The summed E-state index contributed by atoms with van der Waals surface area (Å²) in [6.07, 6.45) is 3.94. The van der Waals surface area contributed by atoms with Crippen LogP contribution in [-0.4, -0.2) is 9.97 Å². The first kappa shape index (κ1) is 8.61. The van der Waals surface area contributed by atoms with E-state index in [1.165, 1.54) is 24.0 Å². The van der Waals surface area contributed by atoms with Crippen LogP contribution < -0.4 is 5.56 Å². The molecule has 1 saturated carbocycles. The van der Waals surface area contributed by atoms with Crippen LogP contribution >= 0.6 is 27.3 Å². The smallest absolute Gasteiger partial charge is 0.260 e. The number of rotatable bonds is 1. The van der Waals surface area contributed by atoms with E-state index in [2.05, 4.69) is 25.9 Å². The number of hydrogen-bond donors (Lipinski definition) is 1. The standard InChI is InChI=1S/C9H7BrN2OS/c10-6-5-8(13)11-3-12-9(5)14-7(6)4-1-2-4/h3-4H,1-2H2,(H,11,12,13). The van der Waals surface area contributed by atoms with Crippen LogP contribution in [0.1, 0.15) is 23.6 Å². The van der Waals surface area contributed by atoms with E-state index in [4.69, 9.17) is 0 Å². The van der Waals surface area contributed by atoms with E-state index in [1.54, 1.807) is 11.3 Å². The molecule has 0 unspecified atom stereocenters. The molecule has 1 fully saturated rings. The van der Waals surface area contributed by atoms with Crippen molar-refractivity contribution < 1.29 is 0 Å². The number of hydrogen-bond acceptors (Lipinski definition) is 3. The Morgan fingerprint density at radius 3 is 3.00 bits per heavy atom. The highest BCUT2D eigenvalue weighted by Gasteiger charge is 2.29. The molecule has 0 bridgehead atoms. The quantitative estimate of drug-likeness (QED) is 0.866. The summed E-state index contributed by atoms with van der Waals surface area (Å²) in [5, 5.41) is 0.708. The van der Waals surface area contributed by atoms with Crippen LogP contribution in [0.3, 0.4) is 0 Å². The van der Waals surface area contributed by atoms with Crippen molar-refractivity contribution in [2.75, 3.05) is 0 Å². The van der Waals surface area contributed by atoms with Gasteiger partial charge in [-0.2, -0.15) is 0 Å². The van der Waals surface area contributed by atoms with Gasteiger partial charge in [-0.05, 0) is 34.7 Å². The van der Waals surface area contributed by atoms with Crippen molar-refractivity contribution in [3.8, 4) is 0 Å². The third-order valence-corrected chi connectivity index (χ3v) is 4.76. The van der Waals surface area contributed by atoms with Gasteiger partial charge in [-0.15, -0.1) is 11.3 Å². The van der Waals surface area contributed by atoms with Gasteiger partial charge in [0.2, 0.25) is 0 Å². The number of nitrogens with one attached hydrogen (secondary N) is 1. The fraction of sp³-hybridized carbons (Fsp3) is 0.333. The molecule has 5 heteroatoms. The molecule has 2 aromatic heterocycles.